The molecule has 4 aromatic rings. The lowest BCUT2D eigenvalue weighted by atomic mass is 10.0. The van der Waals surface area contributed by atoms with E-state index in [9.17, 15) is 19.8 Å². The SMILES string of the molecule is COc1ccc([C@H](OC(=O)Nc2cccc3ccccc23)[C@H](/C=C/C(=O)O)Oc2ccccc2)cc1O. The quantitative estimate of drug-likeness (QED) is 0.245. The van der Waals surface area contributed by atoms with Crippen molar-refractivity contribution in [3.05, 3.63) is 109 Å². The number of para-hydroxylation sites is 1. The molecular formula is C29H25NO7. The zero-order valence-electron chi connectivity index (χ0n) is 19.9. The molecule has 2 atom stereocenters. The minimum atomic E-state index is -1.20. The minimum Gasteiger partial charge on any atom is -0.504 e. The van der Waals surface area contributed by atoms with Crippen molar-refractivity contribution in [3.8, 4) is 17.2 Å². The number of aromatic hydroxyl groups is 1. The van der Waals surface area contributed by atoms with Crippen LogP contribution in [-0.4, -0.2) is 35.5 Å². The number of carboxylic acid groups (broad SMARTS) is 1. The molecule has 0 fully saturated rings. The molecule has 188 valence electrons. The molecule has 0 radical (unpaired) electrons. The smallest absolute Gasteiger partial charge is 0.412 e. The van der Waals surface area contributed by atoms with Crippen molar-refractivity contribution in [1.82, 2.24) is 0 Å². The van der Waals surface area contributed by atoms with E-state index in [1.807, 2.05) is 42.5 Å². The summed E-state index contributed by atoms with van der Waals surface area (Å²) >= 11 is 0. The van der Waals surface area contributed by atoms with Gasteiger partial charge in [0.2, 0.25) is 0 Å². The van der Waals surface area contributed by atoms with Crippen LogP contribution in [0, 0.1) is 0 Å². The Labute approximate surface area is 213 Å². The lowest BCUT2D eigenvalue weighted by Gasteiger charge is -2.26. The summed E-state index contributed by atoms with van der Waals surface area (Å²) in [4.78, 5) is 24.4. The number of methoxy groups -OCH3 is 1. The monoisotopic (exact) mass is 499 g/mol. The number of anilines is 1. The number of nitrogens with one attached hydrogen (secondary N) is 1. The number of carbonyl (C=O) groups excluding carboxylic acids is 1. The number of fused-ring (bicyclic) bond motifs is 1. The van der Waals surface area contributed by atoms with Gasteiger partial charge >= 0.3 is 12.1 Å². The second-order valence-electron chi connectivity index (χ2n) is 8.00. The topological polar surface area (TPSA) is 114 Å². The zero-order valence-corrected chi connectivity index (χ0v) is 19.9. The highest BCUT2D eigenvalue weighted by Crippen LogP contribution is 2.34. The number of phenolic OH excluding ortho intramolecular Hbond substituents is 1. The van der Waals surface area contributed by atoms with E-state index < -0.39 is 24.3 Å². The van der Waals surface area contributed by atoms with Gasteiger partial charge < -0.3 is 24.4 Å². The lowest BCUT2D eigenvalue weighted by Crippen LogP contribution is -2.29. The van der Waals surface area contributed by atoms with Gasteiger partial charge in [-0.25, -0.2) is 9.59 Å². The van der Waals surface area contributed by atoms with Crippen LogP contribution in [-0.2, 0) is 9.53 Å². The molecule has 0 aliphatic heterocycles. The van der Waals surface area contributed by atoms with Crippen LogP contribution in [0.25, 0.3) is 10.8 Å². The summed E-state index contributed by atoms with van der Waals surface area (Å²) in [7, 11) is 1.41. The molecule has 0 unspecified atom stereocenters. The number of phenols is 1. The van der Waals surface area contributed by atoms with Crippen molar-refractivity contribution < 1.29 is 34.0 Å². The molecule has 1 amide bonds. The number of ether oxygens (including phenoxy) is 3. The molecule has 8 heteroatoms. The van der Waals surface area contributed by atoms with Crippen LogP contribution < -0.4 is 14.8 Å². The number of benzene rings is 4. The van der Waals surface area contributed by atoms with E-state index in [1.54, 1.807) is 36.4 Å². The Bertz CT molecular complexity index is 1410. The van der Waals surface area contributed by atoms with Crippen LogP contribution in [0.15, 0.2) is 103 Å². The molecule has 8 nitrogen and oxygen atoms in total. The van der Waals surface area contributed by atoms with Gasteiger partial charge in [-0.05, 0) is 41.8 Å². The first-order valence-electron chi connectivity index (χ1n) is 11.4. The highest BCUT2D eigenvalue weighted by atomic mass is 16.6. The molecule has 0 aliphatic carbocycles. The Kier molecular flexibility index (Phi) is 7.90. The van der Waals surface area contributed by atoms with Gasteiger partial charge in [0.15, 0.2) is 23.7 Å². The van der Waals surface area contributed by atoms with E-state index in [4.69, 9.17) is 14.2 Å². The van der Waals surface area contributed by atoms with E-state index in [1.165, 1.54) is 25.3 Å². The summed E-state index contributed by atoms with van der Waals surface area (Å²) in [5.41, 5.74) is 0.906. The molecule has 0 saturated heterocycles. The van der Waals surface area contributed by atoms with Crippen molar-refractivity contribution in [2.75, 3.05) is 12.4 Å². The summed E-state index contributed by atoms with van der Waals surface area (Å²) in [6, 6.07) is 26.3. The second kappa shape index (κ2) is 11.6. The third kappa shape index (κ3) is 6.37. The summed E-state index contributed by atoms with van der Waals surface area (Å²) in [5.74, 6) is -0.713. The third-order valence-electron chi connectivity index (χ3n) is 5.53. The number of aliphatic carboxylic acids is 1. The Hall–Kier alpha value is -4.98. The third-order valence-corrected chi connectivity index (χ3v) is 5.53. The number of amides is 1. The first kappa shape index (κ1) is 25.1. The number of carboxylic acids is 1. The van der Waals surface area contributed by atoms with Crippen molar-refractivity contribution in [1.29, 1.82) is 0 Å². The molecule has 37 heavy (non-hydrogen) atoms. The maximum atomic E-state index is 13.1. The van der Waals surface area contributed by atoms with Crippen LogP contribution in [0.2, 0.25) is 0 Å². The maximum Gasteiger partial charge on any atom is 0.412 e. The first-order valence-corrected chi connectivity index (χ1v) is 11.4. The molecule has 0 aliphatic rings. The first-order chi connectivity index (χ1) is 17.9. The van der Waals surface area contributed by atoms with Crippen molar-refractivity contribution in [2.45, 2.75) is 12.2 Å². The van der Waals surface area contributed by atoms with Crippen LogP contribution in [0.5, 0.6) is 17.2 Å². The molecular weight excluding hydrogens is 474 g/mol. The van der Waals surface area contributed by atoms with Crippen LogP contribution in [0.4, 0.5) is 10.5 Å². The minimum absolute atomic E-state index is 0.177. The van der Waals surface area contributed by atoms with Crippen molar-refractivity contribution >= 4 is 28.5 Å². The average Bonchev–Trinajstić information content (AvgIpc) is 2.90. The second-order valence-corrected chi connectivity index (χ2v) is 8.00. The Morgan fingerprint density at radius 2 is 1.65 bits per heavy atom. The van der Waals surface area contributed by atoms with Gasteiger partial charge in [0, 0.05) is 17.0 Å². The Balaban J connectivity index is 1.69. The number of rotatable bonds is 9. The zero-order chi connectivity index (χ0) is 26.2. The van der Waals surface area contributed by atoms with Gasteiger partial charge in [-0.1, -0.05) is 60.7 Å². The standard InChI is InChI=1S/C29H25NO7/c1-35-25-15-14-20(18-24(25)31)28(26(16-17-27(32)33)36-21-10-3-2-4-11-21)37-29(34)30-23-13-7-9-19-8-5-6-12-22(19)23/h2-18,26,28,31H,1H3,(H,30,34)(H,32,33)/b17-16+/t26-,28-/m0/s1. The molecule has 3 N–H and O–H groups in total. The predicted octanol–water partition coefficient (Wildman–Crippen LogP) is 5.93. The van der Waals surface area contributed by atoms with E-state index in [0.717, 1.165) is 16.8 Å². The van der Waals surface area contributed by atoms with E-state index in [2.05, 4.69) is 5.32 Å². The van der Waals surface area contributed by atoms with Crippen LogP contribution >= 0.6 is 0 Å². The van der Waals surface area contributed by atoms with Crippen LogP contribution in [0.1, 0.15) is 11.7 Å². The summed E-state index contributed by atoms with van der Waals surface area (Å²) in [6.45, 7) is 0. The van der Waals surface area contributed by atoms with Gasteiger partial charge in [0.1, 0.15) is 5.75 Å². The normalized spacial score (nSPS) is 12.6. The molecule has 0 spiro atoms. The largest absolute Gasteiger partial charge is 0.504 e. The predicted molar refractivity (Wildman–Crippen MR) is 139 cm³/mol. The van der Waals surface area contributed by atoms with Gasteiger partial charge in [-0.2, -0.15) is 0 Å². The number of carbonyl (C=O) groups is 2. The van der Waals surface area contributed by atoms with Gasteiger partial charge in [0.25, 0.3) is 0 Å². The molecule has 0 bridgehead atoms. The molecule has 0 heterocycles. The highest BCUT2D eigenvalue weighted by molar-refractivity contribution is 6.00. The van der Waals surface area contributed by atoms with Crippen LogP contribution in [0.3, 0.4) is 0 Å². The van der Waals surface area contributed by atoms with E-state index in [-0.39, 0.29) is 11.5 Å². The van der Waals surface area contributed by atoms with Gasteiger partial charge in [0.05, 0.1) is 12.8 Å². The van der Waals surface area contributed by atoms with E-state index >= 15 is 0 Å². The summed E-state index contributed by atoms with van der Waals surface area (Å²) < 4.78 is 17.0. The van der Waals surface area contributed by atoms with Crippen molar-refractivity contribution in [3.63, 3.8) is 0 Å². The van der Waals surface area contributed by atoms with Gasteiger partial charge in [-0.15, -0.1) is 0 Å². The lowest BCUT2D eigenvalue weighted by molar-refractivity contribution is -0.131. The molecule has 4 aromatic carbocycles. The number of hydrogen-bond donors (Lipinski definition) is 3. The molecule has 0 aromatic heterocycles. The summed E-state index contributed by atoms with van der Waals surface area (Å²) in [5, 5.41) is 24.2. The van der Waals surface area contributed by atoms with E-state index in [0.29, 0.717) is 17.0 Å². The Morgan fingerprint density at radius 1 is 0.919 bits per heavy atom. The maximum absolute atomic E-state index is 13.1. The Morgan fingerprint density at radius 3 is 2.38 bits per heavy atom. The van der Waals surface area contributed by atoms with Crippen molar-refractivity contribution in [2.24, 2.45) is 0 Å². The fraction of sp³-hybridized carbons (Fsp3) is 0.103. The number of hydrogen-bond acceptors (Lipinski definition) is 6. The highest BCUT2D eigenvalue weighted by Gasteiger charge is 2.29. The fourth-order valence-electron chi connectivity index (χ4n) is 3.83. The molecule has 4 rings (SSSR count). The molecule has 0 saturated carbocycles. The summed E-state index contributed by atoms with van der Waals surface area (Å²) in [6.07, 6.45) is -0.781. The fourth-order valence-corrected chi connectivity index (χ4v) is 3.83. The van der Waals surface area contributed by atoms with Gasteiger partial charge in [-0.3, -0.25) is 5.32 Å². The average molecular weight is 500 g/mol.